The second kappa shape index (κ2) is 5.63. The fourth-order valence-electron chi connectivity index (χ4n) is 1.92. The lowest BCUT2D eigenvalue weighted by Crippen LogP contribution is -2.15. The lowest BCUT2D eigenvalue weighted by Gasteiger charge is -2.14. The van der Waals surface area contributed by atoms with E-state index in [1.165, 1.54) is 6.20 Å². The maximum absolute atomic E-state index is 13.5. The molecule has 0 amide bonds. The van der Waals surface area contributed by atoms with Crippen molar-refractivity contribution in [2.75, 3.05) is 24.3 Å². The molecule has 0 unspecified atom stereocenters. The van der Waals surface area contributed by atoms with E-state index in [1.54, 1.807) is 30.6 Å². The molecule has 8 heteroatoms. The highest BCUT2D eigenvalue weighted by molar-refractivity contribution is 5.47. The van der Waals surface area contributed by atoms with Gasteiger partial charge in [-0.15, -0.1) is 0 Å². The van der Waals surface area contributed by atoms with E-state index in [-0.39, 0.29) is 12.6 Å². The van der Waals surface area contributed by atoms with E-state index >= 15 is 0 Å². The van der Waals surface area contributed by atoms with Gasteiger partial charge in [-0.1, -0.05) is 0 Å². The quantitative estimate of drug-likeness (QED) is 0.696. The van der Waals surface area contributed by atoms with Gasteiger partial charge in [-0.3, -0.25) is 0 Å². The van der Waals surface area contributed by atoms with Crippen molar-refractivity contribution in [3.05, 3.63) is 41.2 Å². The van der Waals surface area contributed by atoms with Gasteiger partial charge in [0.15, 0.2) is 23.3 Å². The summed E-state index contributed by atoms with van der Waals surface area (Å²) in [6, 6.07) is 0.171. The highest BCUT2D eigenvalue weighted by Crippen LogP contribution is 2.25. The molecule has 0 atom stereocenters. The fourth-order valence-corrected chi connectivity index (χ4v) is 1.92. The van der Waals surface area contributed by atoms with Gasteiger partial charge in [-0.05, 0) is 0 Å². The van der Waals surface area contributed by atoms with Crippen molar-refractivity contribution in [3.8, 4) is 0 Å². The summed E-state index contributed by atoms with van der Waals surface area (Å²) in [7, 11) is 5.31. The average molecular weight is 302 g/mol. The SMILES string of the molecule is CN(C)c1ncc(CNc2c(F)c(F)cc(F)c2F)n1C. The van der Waals surface area contributed by atoms with Gasteiger partial charge < -0.3 is 14.8 Å². The van der Waals surface area contributed by atoms with Crippen LogP contribution in [0.5, 0.6) is 0 Å². The van der Waals surface area contributed by atoms with Crippen LogP contribution in [0.3, 0.4) is 0 Å². The van der Waals surface area contributed by atoms with Crippen LogP contribution in [0.15, 0.2) is 12.3 Å². The molecule has 0 fully saturated rings. The Hall–Kier alpha value is -2.25. The molecule has 1 aromatic heterocycles. The molecule has 0 radical (unpaired) electrons. The fraction of sp³-hybridized carbons (Fsp3) is 0.308. The topological polar surface area (TPSA) is 33.1 Å². The molecular formula is C13H14F4N4. The minimum absolute atomic E-state index is 0.0337. The predicted octanol–water partition coefficient (Wildman–Crippen LogP) is 2.65. The molecule has 4 nitrogen and oxygen atoms in total. The smallest absolute Gasteiger partial charge is 0.204 e. The van der Waals surface area contributed by atoms with E-state index < -0.39 is 29.0 Å². The van der Waals surface area contributed by atoms with Crippen LogP contribution < -0.4 is 10.2 Å². The molecule has 2 rings (SSSR count). The van der Waals surface area contributed by atoms with Crippen LogP contribution in [0.4, 0.5) is 29.2 Å². The number of hydrogen-bond acceptors (Lipinski definition) is 3. The van der Waals surface area contributed by atoms with E-state index in [0.29, 0.717) is 11.6 Å². The van der Waals surface area contributed by atoms with Gasteiger partial charge in [0.25, 0.3) is 0 Å². The third kappa shape index (κ3) is 2.79. The molecule has 0 aliphatic heterocycles. The van der Waals surface area contributed by atoms with Crippen molar-refractivity contribution >= 4 is 11.6 Å². The predicted molar refractivity (Wildman–Crippen MR) is 71.1 cm³/mol. The Morgan fingerprint density at radius 3 is 2.19 bits per heavy atom. The maximum atomic E-state index is 13.5. The summed E-state index contributed by atoms with van der Waals surface area (Å²) >= 11 is 0. The van der Waals surface area contributed by atoms with E-state index in [9.17, 15) is 17.6 Å². The molecule has 1 N–H and O–H groups in total. The summed E-state index contributed by atoms with van der Waals surface area (Å²) in [5.74, 6) is -5.17. The summed E-state index contributed by atoms with van der Waals surface area (Å²) < 4.78 is 54.9. The Morgan fingerprint density at radius 2 is 1.71 bits per heavy atom. The van der Waals surface area contributed by atoms with E-state index in [4.69, 9.17) is 0 Å². The van der Waals surface area contributed by atoms with Gasteiger partial charge in [0.1, 0.15) is 5.69 Å². The molecule has 0 bridgehead atoms. The van der Waals surface area contributed by atoms with Crippen molar-refractivity contribution in [3.63, 3.8) is 0 Å². The highest BCUT2D eigenvalue weighted by Gasteiger charge is 2.19. The second-order valence-corrected chi connectivity index (χ2v) is 4.70. The summed E-state index contributed by atoms with van der Waals surface area (Å²) in [6.07, 6.45) is 1.51. The first-order valence-electron chi connectivity index (χ1n) is 6.07. The van der Waals surface area contributed by atoms with Gasteiger partial charge in [-0.2, -0.15) is 0 Å². The summed E-state index contributed by atoms with van der Waals surface area (Å²) in [5.41, 5.74) is -0.234. The van der Waals surface area contributed by atoms with E-state index in [2.05, 4.69) is 10.3 Å². The molecule has 0 aliphatic carbocycles. The number of halogens is 4. The third-order valence-corrected chi connectivity index (χ3v) is 3.02. The number of anilines is 2. The Labute approximate surface area is 119 Å². The van der Waals surface area contributed by atoms with Gasteiger partial charge in [-0.25, -0.2) is 22.5 Å². The zero-order valence-electron chi connectivity index (χ0n) is 11.7. The highest BCUT2D eigenvalue weighted by atomic mass is 19.2. The number of benzene rings is 1. The van der Waals surface area contributed by atoms with Crippen LogP contribution in [-0.4, -0.2) is 23.6 Å². The lowest BCUT2D eigenvalue weighted by atomic mass is 10.2. The Bertz CT molecular complexity index is 640. The minimum Gasteiger partial charge on any atom is -0.374 e. The first kappa shape index (κ1) is 15.1. The maximum Gasteiger partial charge on any atom is 0.204 e. The molecule has 0 spiro atoms. The molecule has 0 aliphatic rings. The first-order chi connectivity index (χ1) is 9.82. The molecule has 2 aromatic rings. The van der Waals surface area contributed by atoms with Gasteiger partial charge >= 0.3 is 0 Å². The second-order valence-electron chi connectivity index (χ2n) is 4.70. The van der Waals surface area contributed by atoms with E-state index in [0.717, 1.165) is 0 Å². The minimum atomic E-state index is -1.45. The number of aromatic nitrogens is 2. The molecule has 1 aromatic carbocycles. The molecule has 1 heterocycles. The normalized spacial score (nSPS) is 10.8. The molecular weight excluding hydrogens is 288 g/mol. The number of hydrogen-bond donors (Lipinski definition) is 1. The van der Waals surface area contributed by atoms with Crippen LogP contribution in [0, 0.1) is 23.3 Å². The Morgan fingerprint density at radius 1 is 1.14 bits per heavy atom. The van der Waals surface area contributed by atoms with Crippen molar-refractivity contribution < 1.29 is 17.6 Å². The largest absolute Gasteiger partial charge is 0.374 e. The van der Waals surface area contributed by atoms with Crippen LogP contribution >= 0.6 is 0 Å². The lowest BCUT2D eigenvalue weighted by molar-refractivity contribution is 0.458. The standard InChI is InChI=1S/C13H14F4N4/c1-20(2)13-19-6-7(21(13)3)5-18-12-10(16)8(14)4-9(15)11(12)17/h4,6,18H,5H2,1-3H3. The molecule has 114 valence electrons. The number of rotatable bonds is 4. The summed E-state index contributed by atoms with van der Waals surface area (Å²) in [6.45, 7) is -0.0337. The zero-order valence-corrected chi connectivity index (χ0v) is 11.7. The summed E-state index contributed by atoms with van der Waals surface area (Å²) in [4.78, 5) is 5.88. The molecule has 0 saturated heterocycles. The van der Waals surface area contributed by atoms with Crippen LogP contribution in [0.1, 0.15) is 5.69 Å². The van der Waals surface area contributed by atoms with E-state index in [1.807, 2.05) is 0 Å². The van der Waals surface area contributed by atoms with Crippen molar-refractivity contribution in [2.24, 2.45) is 7.05 Å². The third-order valence-electron chi connectivity index (χ3n) is 3.02. The van der Waals surface area contributed by atoms with Gasteiger partial charge in [0, 0.05) is 27.2 Å². The molecule has 0 saturated carbocycles. The number of nitrogens with zero attached hydrogens (tertiary/aromatic N) is 3. The average Bonchev–Trinajstić information content (AvgIpc) is 2.78. The summed E-state index contributed by atoms with van der Waals surface area (Å²) in [5, 5.41) is 2.36. The van der Waals surface area contributed by atoms with Gasteiger partial charge in [0.05, 0.1) is 18.4 Å². The number of nitrogens with one attached hydrogen (secondary N) is 1. The Kier molecular flexibility index (Phi) is 4.06. The van der Waals surface area contributed by atoms with Crippen LogP contribution in [0.2, 0.25) is 0 Å². The monoisotopic (exact) mass is 302 g/mol. The zero-order chi connectivity index (χ0) is 15.7. The van der Waals surface area contributed by atoms with Crippen LogP contribution in [-0.2, 0) is 13.6 Å². The Balaban J connectivity index is 2.25. The first-order valence-corrected chi connectivity index (χ1v) is 6.07. The van der Waals surface area contributed by atoms with Crippen molar-refractivity contribution in [2.45, 2.75) is 6.54 Å². The van der Waals surface area contributed by atoms with Crippen molar-refractivity contribution in [1.29, 1.82) is 0 Å². The molecule has 21 heavy (non-hydrogen) atoms. The van der Waals surface area contributed by atoms with Gasteiger partial charge in [0.2, 0.25) is 5.95 Å². The van der Waals surface area contributed by atoms with Crippen molar-refractivity contribution in [1.82, 2.24) is 9.55 Å². The number of imidazole rings is 1. The van der Waals surface area contributed by atoms with Crippen LogP contribution in [0.25, 0.3) is 0 Å².